The Hall–Kier alpha value is -2.93. The largest absolute Gasteiger partial charge is 0.465 e. The number of anilines is 2. The van der Waals surface area contributed by atoms with Crippen molar-refractivity contribution in [2.45, 2.75) is 62.5 Å². The maximum Gasteiger partial charge on any atom is 0.430 e. The van der Waals surface area contributed by atoms with Crippen LogP contribution in [0.3, 0.4) is 0 Å². The Morgan fingerprint density at radius 3 is 2.47 bits per heavy atom. The Balaban J connectivity index is 1.74. The fourth-order valence-corrected chi connectivity index (χ4v) is 6.18. The summed E-state index contributed by atoms with van der Waals surface area (Å²) < 4.78 is 48.7. The van der Waals surface area contributed by atoms with E-state index in [0.29, 0.717) is 28.5 Å². The number of likely N-dealkylation sites (tertiary alicyclic amines) is 1. The minimum absolute atomic E-state index is 0.0447. The Morgan fingerprint density at radius 2 is 1.94 bits per heavy atom. The molecular weight excluding hydrogens is 511 g/mol. The van der Waals surface area contributed by atoms with Crippen molar-refractivity contribution in [2.24, 2.45) is 0 Å². The van der Waals surface area contributed by atoms with Gasteiger partial charge in [0, 0.05) is 37.2 Å². The van der Waals surface area contributed by atoms with Gasteiger partial charge in [0.1, 0.15) is 16.3 Å². The van der Waals surface area contributed by atoms with Gasteiger partial charge in [0.25, 0.3) is 10.0 Å². The van der Waals surface area contributed by atoms with Gasteiger partial charge in [-0.2, -0.15) is 0 Å². The summed E-state index contributed by atoms with van der Waals surface area (Å²) >= 11 is 1.09. The van der Waals surface area contributed by atoms with Gasteiger partial charge < -0.3 is 19.6 Å². The quantitative estimate of drug-likeness (QED) is 0.570. The van der Waals surface area contributed by atoms with Crippen LogP contribution in [0.5, 0.6) is 0 Å². The Morgan fingerprint density at radius 1 is 1.25 bits per heavy atom. The van der Waals surface area contributed by atoms with Gasteiger partial charge in [-0.3, -0.25) is 0 Å². The van der Waals surface area contributed by atoms with E-state index in [9.17, 15) is 23.1 Å². The third-order valence-corrected chi connectivity index (χ3v) is 8.42. The van der Waals surface area contributed by atoms with Crippen LogP contribution >= 0.6 is 11.3 Å². The Kier molecular flexibility index (Phi) is 6.90. The highest BCUT2D eigenvalue weighted by Crippen LogP contribution is 2.46. The first-order chi connectivity index (χ1) is 16.8. The number of sulfonamides is 1. The number of carbonyl (C=O) groups is 2. The lowest BCUT2D eigenvalue weighted by Gasteiger charge is -2.30. The molecule has 13 heteroatoms. The van der Waals surface area contributed by atoms with Crippen LogP contribution < -0.4 is 9.21 Å². The number of hydrogen-bond donors (Lipinski definition) is 1. The highest BCUT2D eigenvalue weighted by atomic mass is 32.2. The molecule has 1 saturated heterocycles. The minimum Gasteiger partial charge on any atom is -0.465 e. The number of rotatable bonds is 6. The maximum absolute atomic E-state index is 15.6. The van der Waals surface area contributed by atoms with Crippen molar-refractivity contribution in [2.75, 3.05) is 29.3 Å². The molecule has 10 nitrogen and oxygen atoms in total. The van der Waals surface area contributed by atoms with E-state index < -0.39 is 38.5 Å². The first-order valence-corrected chi connectivity index (χ1v) is 13.9. The summed E-state index contributed by atoms with van der Waals surface area (Å²) in [6, 6.07) is 2.29. The van der Waals surface area contributed by atoms with E-state index in [0.717, 1.165) is 30.2 Å². The zero-order valence-corrected chi connectivity index (χ0v) is 22.1. The summed E-state index contributed by atoms with van der Waals surface area (Å²) in [7, 11) is -2.96. The molecule has 1 N–H and O–H groups in total. The zero-order valence-electron chi connectivity index (χ0n) is 20.5. The predicted octanol–water partition coefficient (Wildman–Crippen LogP) is 4.48. The minimum atomic E-state index is -4.71. The average Bonchev–Trinajstić information content (AvgIpc) is 3.25. The lowest BCUT2D eigenvalue weighted by molar-refractivity contribution is 0.0608. The van der Waals surface area contributed by atoms with E-state index in [4.69, 9.17) is 4.74 Å². The molecule has 36 heavy (non-hydrogen) atoms. The molecular formula is C23H29FN4O6S2. The van der Waals surface area contributed by atoms with Crippen molar-refractivity contribution >= 4 is 45.1 Å². The molecule has 2 amide bonds. The van der Waals surface area contributed by atoms with Gasteiger partial charge in [-0.25, -0.2) is 27.4 Å². The van der Waals surface area contributed by atoms with E-state index in [1.165, 1.54) is 21.9 Å². The molecule has 1 atom stereocenters. The number of amides is 2. The number of aromatic nitrogens is 1. The molecule has 0 bridgehead atoms. The standard InChI is InChI=1S/C23H29FN4O6S2/c1-23(2,3)34-22(31)28(20-12-35-13-25-20)36(32,33)19-9-16(14-5-6-14)18(10-17(19)24)26(4)15-7-8-27(11-15)21(29)30/h9-10,12-15H,5-8,11H2,1-4H3,(H,29,30)/t15-/m0/s1. The normalized spacial score (nSPS) is 18.2. The highest BCUT2D eigenvalue weighted by Gasteiger charge is 2.40. The summed E-state index contributed by atoms with van der Waals surface area (Å²) in [4.78, 5) is 30.7. The van der Waals surface area contributed by atoms with Crippen LogP contribution in [0.4, 0.5) is 25.5 Å². The second-order valence-electron chi connectivity index (χ2n) is 9.99. The summed E-state index contributed by atoms with van der Waals surface area (Å²) in [5.74, 6) is -1.15. The third-order valence-electron chi connectivity index (χ3n) is 6.16. The monoisotopic (exact) mass is 540 g/mol. The van der Waals surface area contributed by atoms with Crippen molar-refractivity contribution in [1.29, 1.82) is 0 Å². The van der Waals surface area contributed by atoms with Crippen molar-refractivity contribution in [3.8, 4) is 0 Å². The molecule has 2 fully saturated rings. The SMILES string of the molecule is CN(c1cc(F)c(S(=O)(=O)N(C(=O)OC(C)(C)C)c2cscn2)cc1C1CC1)[C@H]1CCN(C(=O)O)C1. The van der Waals surface area contributed by atoms with E-state index in [1.54, 1.807) is 27.8 Å². The van der Waals surface area contributed by atoms with Gasteiger partial charge in [-0.1, -0.05) is 0 Å². The van der Waals surface area contributed by atoms with Crippen LogP contribution in [0.2, 0.25) is 0 Å². The molecule has 196 valence electrons. The molecule has 1 aliphatic heterocycles. The maximum atomic E-state index is 15.6. The van der Waals surface area contributed by atoms with Crippen molar-refractivity contribution in [3.05, 3.63) is 34.4 Å². The van der Waals surface area contributed by atoms with Crippen molar-refractivity contribution in [3.63, 3.8) is 0 Å². The van der Waals surface area contributed by atoms with Crippen LogP contribution in [0.25, 0.3) is 0 Å². The number of carboxylic acid groups (broad SMARTS) is 1. The van der Waals surface area contributed by atoms with Gasteiger partial charge in [-0.05, 0) is 63.6 Å². The summed E-state index contributed by atoms with van der Waals surface area (Å²) in [5.41, 5.74) is 1.54. The van der Waals surface area contributed by atoms with Gasteiger partial charge in [0.05, 0.1) is 5.51 Å². The molecule has 2 aromatic rings. The molecule has 2 aliphatic rings. The lowest BCUT2D eigenvalue weighted by Crippen LogP contribution is -2.41. The topological polar surface area (TPSA) is 120 Å². The average molecular weight is 541 g/mol. The number of nitrogens with zero attached hydrogens (tertiary/aromatic N) is 4. The molecule has 1 aromatic heterocycles. The Labute approximate surface area is 213 Å². The van der Waals surface area contributed by atoms with Crippen LogP contribution in [0.1, 0.15) is 51.5 Å². The van der Waals surface area contributed by atoms with E-state index in [1.807, 2.05) is 4.90 Å². The van der Waals surface area contributed by atoms with Crippen molar-refractivity contribution in [1.82, 2.24) is 9.88 Å². The molecule has 0 radical (unpaired) electrons. The fraction of sp³-hybridized carbons (Fsp3) is 0.522. The lowest BCUT2D eigenvalue weighted by atomic mass is 10.1. The third kappa shape index (κ3) is 5.26. The first kappa shape index (κ1) is 26.1. The second kappa shape index (κ2) is 9.51. The number of thiazole rings is 1. The van der Waals surface area contributed by atoms with Gasteiger partial charge in [-0.15, -0.1) is 15.6 Å². The predicted molar refractivity (Wildman–Crippen MR) is 133 cm³/mol. The summed E-state index contributed by atoms with van der Waals surface area (Å²) in [5, 5.41) is 10.7. The molecule has 4 rings (SSSR count). The van der Waals surface area contributed by atoms with Gasteiger partial charge >= 0.3 is 12.2 Å². The molecule has 0 unspecified atom stereocenters. The van der Waals surface area contributed by atoms with Crippen LogP contribution in [-0.2, 0) is 14.8 Å². The van der Waals surface area contributed by atoms with E-state index >= 15 is 4.39 Å². The number of benzene rings is 1. The second-order valence-corrected chi connectivity index (χ2v) is 12.5. The van der Waals surface area contributed by atoms with Gasteiger partial charge in [0.2, 0.25) is 0 Å². The van der Waals surface area contributed by atoms with Crippen molar-refractivity contribution < 1.29 is 32.2 Å². The van der Waals surface area contributed by atoms with Crippen LogP contribution in [0.15, 0.2) is 27.9 Å². The number of halogens is 1. The highest BCUT2D eigenvalue weighted by molar-refractivity contribution is 7.93. The van der Waals surface area contributed by atoms with Crippen LogP contribution in [-0.4, -0.2) is 67.4 Å². The summed E-state index contributed by atoms with van der Waals surface area (Å²) in [6.07, 6.45) is 0.0246. The smallest absolute Gasteiger partial charge is 0.430 e. The fourth-order valence-electron chi connectivity index (χ4n) is 4.23. The number of hydrogen-bond acceptors (Lipinski definition) is 8. The summed E-state index contributed by atoms with van der Waals surface area (Å²) in [6.45, 7) is 5.44. The molecule has 1 aliphatic carbocycles. The first-order valence-electron chi connectivity index (χ1n) is 11.5. The van der Waals surface area contributed by atoms with Gasteiger partial charge in [0.15, 0.2) is 5.82 Å². The molecule has 1 aromatic carbocycles. The molecule has 2 heterocycles. The number of carbonyl (C=O) groups excluding carboxylic acids is 1. The molecule has 0 spiro atoms. The van der Waals surface area contributed by atoms with Crippen LogP contribution in [0, 0.1) is 5.82 Å². The Bertz CT molecular complexity index is 1260. The number of likely N-dealkylation sites (N-methyl/N-ethyl adjacent to an activating group) is 1. The molecule has 1 saturated carbocycles. The van der Waals surface area contributed by atoms with E-state index in [-0.39, 0.29) is 24.3 Å². The van der Waals surface area contributed by atoms with E-state index in [2.05, 4.69) is 4.98 Å². The number of ether oxygens (including phenoxy) is 1. The zero-order chi connectivity index (χ0) is 26.4.